The van der Waals surface area contributed by atoms with Gasteiger partial charge >= 0.3 is 0 Å². The van der Waals surface area contributed by atoms with Gasteiger partial charge < -0.3 is 9.47 Å². The molecule has 1 aromatic heterocycles. The number of rotatable bonds is 4. The summed E-state index contributed by atoms with van der Waals surface area (Å²) in [7, 11) is -3.24. The second-order valence-corrected chi connectivity index (χ2v) is 7.50. The van der Waals surface area contributed by atoms with Gasteiger partial charge in [-0.2, -0.15) is 4.31 Å². The summed E-state index contributed by atoms with van der Waals surface area (Å²) in [5.41, 5.74) is 0.979. The van der Waals surface area contributed by atoms with Gasteiger partial charge in [-0.25, -0.2) is 8.42 Å². The lowest BCUT2D eigenvalue weighted by Crippen LogP contribution is -2.45. The Morgan fingerprint density at radius 3 is 3.05 bits per heavy atom. The molecule has 0 N–H and O–H groups in total. The van der Waals surface area contributed by atoms with E-state index in [2.05, 4.69) is 4.98 Å². The fraction of sp³-hybridized carbons (Fsp3) is 0.643. The number of aromatic nitrogens is 1. The number of hydrogen-bond acceptors (Lipinski definition) is 5. The van der Waals surface area contributed by atoms with Crippen molar-refractivity contribution in [3.63, 3.8) is 0 Å². The third-order valence-corrected chi connectivity index (χ3v) is 5.40. The minimum atomic E-state index is -3.24. The molecule has 2 aliphatic rings. The van der Waals surface area contributed by atoms with Crippen LogP contribution >= 0.6 is 0 Å². The first-order valence-electron chi connectivity index (χ1n) is 7.14. The zero-order valence-corrected chi connectivity index (χ0v) is 12.8. The quantitative estimate of drug-likeness (QED) is 0.822. The Balaban J connectivity index is 1.74. The Morgan fingerprint density at radius 1 is 1.48 bits per heavy atom. The van der Waals surface area contributed by atoms with Crippen LogP contribution in [0.2, 0.25) is 0 Å². The summed E-state index contributed by atoms with van der Waals surface area (Å²) in [6.45, 7) is 1.26. The second kappa shape index (κ2) is 6.00. The van der Waals surface area contributed by atoms with Gasteiger partial charge in [0, 0.05) is 18.9 Å². The summed E-state index contributed by atoms with van der Waals surface area (Å²) in [4.78, 5) is 4.06. The van der Waals surface area contributed by atoms with E-state index in [0.717, 1.165) is 18.4 Å². The van der Waals surface area contributed by atoms with Crippen molar-refractivity contribution in [2.45, 2.75) is 37.7 Å². The van der Waals surface area contributed by atoms with Crippen LogP contribution in [-0.4, -0.2) is 55.4 Å². The number of fused-ring (bicyclic) bond motifs is 2. The van der Waals surface area contributed by atoms with Crippen molar-refractivity contribution in [3.8, 4) is 0 Å². The molecule has 0 amide bonds. The summed E-state index contributed by atoms with van der Waals surface area (Å²) in [6, 6.07) is 3.68. The Bertz CT molecular complexity index is 578. The molecule has 7 heteroatoms. The van der Waals surface area contributed by atoms with Crippen LogP contribution in [0.15, 0.2) is 24.5 Å². The summed E-state index contributed by atoms with van der Waals surface area (Å²) < 4.78 is 37.2. The molecule has 3 rings (SSSR count). The van der Waals surface area contributed by atoms with Crippen molar-refractivity contribution in [2.75, 3.05) is 19.4 Å². The minimum Gasteiger partial charge on any atom is -0.374 e. The average molecular weight is 312 g/mol. The zero-order chi connectivity index (χ0) is 14.9. The van der Waals surface area contributed by atoms with E-state index >= 15 is 0 Å². The number of hydrogen-bond donors (Lipinski definition) is 0. The molecular formula is C14H20N2O4S. The van der Waals surface area contributed by atoms with Gasteiger partial charge in [-0.05, 0) is 24.5 Å². The maximum atomic E-state index is 12.0. The summed E-state index contributed by atoms with van der Waals surface area (Å²) >= 11 is 0. The molecule has 6 nitrogen and oxygen atoms in total. The van der Waals surface area contributed by atoms with Crippen LogP contribution in [0.25, 0.3) is 0 Å². The molecule has 1 aromatic rings. The molecule has 1 aliphatic heterocycles. The molecule has 1 aliphatic carbocycles. The monoisotopic (exact) mass is 312 g/mol. The SMILES string of the molecule is CS(=O)(=O)N1CCOC2CCC1C2OCc1cccnc1. The van der Waals surface area contributed by atoms with Crippen LogP contribution in [0, 0.1) is 0 Å². The minimum absolute atomic E-state index is 0.0154. The number of pyridine rings is 1. The van der Waals surface area contributed by atoms with Gasteiger partial charge in [0.15, 0.2) is 0 Å². The second-order valence-electron chi connectivity index (χ2n) is 5.56. The highest BCUT2D eigenvalue weighted by atomic mass is 32.2. The predicted octanol–water partition coefficient (Wildman–Crippen LogP) is 0.790. The number of nitrogens with zero attached hydrogens (tertiary/aromatic N) is 2. The highest BCUT2D eigenvalue weighted by molar-refractivity contribution is 7.88. The first-order chi connectivity index (χ1) is 10.1. The summed E-state index contributed by atoms with van der Waals surface area (Å²) in [5.74, 6) is 0. The van der Waals surface area contributed by atoms with Gasteiger partial charge in [0.25, 0.3) is 0 Å². The normalized spacial score (nSPS) is 30.2. The molecule has 3 atom stereocenters. The topological polar surface area (TPSA) is 68.7 Å². The van der Waals surface area contributed by atoms with Gasteiger partial charge in [-0.3, -0.25) is 4.98 Å². The number of sulfonamides is 1. The standard InChI is InChI=1S/C14H20N2O4S/c1-21(17,18)16-7-8-19-13-5-4-12(16)14(13)20-10-11-3-2-6-15-9-11/h2-3,6,9,12-14H,4-5,7-8,10H2,1H3. The van der Waals surface area contributed by atoms with Crippen molar-refractivity contribution in [2.24, 2.45) is 0 Å². The third-order valence-electron chi connectivity index (χ3n) is 4.10. The number of ether oxygens (including phenoxy) is 2. The molecule has 0 aromatic carbocycles. The van der Waals surface area contributed by atoms with Crippen molar-refractivity contribution >= 4 is 10.0 Å². The van der Waals surface area contributed by atoms with Gasteiger partial charge in [-0.15, -0.1) is 0 Å². The van der Waals surface area contributed by atoms with E-state index in [0.29, 0.717) is 19.8 Å². The Morgan fingerprint density at radius 2 is 2.33 bits per heavy atom. The molecule has 3 unspecified atom stereocenters. The van der Waals surface area contributed by atoms with Crippen LogP contribution in [0.3, 0.4) is 0 Å². The molecule has 1 saturated heterocycles. The van der Waals surface area contributed by atoms with Crippen LogP contribution in [0.1, 0.15) is 18.4 Å². The van der Waals surface area contributed by atoms with Crippen LogP contribution in [-0.2, 0) is 26.1 Å². The molecule has 2 bridgehead atoms. The van der Waals surface area contributed by atoms with E-state index in [1.165, 1.54) is 10.6 Å². The molecule has 0 spiro atoms. The fourth-order valence-corrected chi connectivity index (χ4v) is 4.29. The molecule has 2 fully saturated rings. The lowest BCUT2D eigenvalue weighted by Gasteiger charge is -2.29. The van der Waals surface area contributed by atoms with Crippen LogP contribution in [0.5, 0.6) is 0 Å². The van der Waals surface area contributed by atoms with E-state index in [1.807, 2.05) is 12.1 Å². The van der Waals surface area contributed by atoms with Gasteiger partial charge in [0.2, 0.25) is 10.0 Å². The van der Waals surface area contributed by atoms with Crippen LogP contribution < -0.4 is 0 Å². The van der Waals surface area contributed by atoms with Crippen molar-refractivity contribution < 1.29 is 17.9 Å². The molecule has 21 heavy (non-hydrogen) atoms. The van der Waals surface area contributed by atoms with Gasteiger partial charge in [0.05, 0.1) is 31.6 Å². The summed E-state index contributed by atoms with van der Waals surface area (Å²) in [5, 5.41) is 0. The van der Waals surface area contributed by atoms with Gasteiger partial charge in [0.1, 0.15) is 6.10 Å². The van der Waals surface area contributed by atoms with E-state index in [9.17, 15) is 8.42 Å². The fourth-order valence-electron chi connectivity index (χ4n) is 3.16. The predicted molar refractivity (Wildman–Crippen MR) is 77.1 cm³/mol. The lowest BCUT2D eigenvalue weighted by atomic mass is 10.2. The first-order valence-corrected chi connectivity index (χ1v) is 8.99. The highest BCUT2D eigenvalue weighted by Crippen LogP contribution is 2.33. The maximum Gasteiger partial charge on any atom is 0.211 e. The van der Waals surface area contributed by atoms with E-state index in [4.69, 9.17) is 9.47 Å². The third kappa shape index (κ3) is 3.26. The highest BCUT2D eigenvalue weighted by Gasteiger charge is 2.45. The molecule has 0 radical (unpaired) electrons. The average Bonchev–Trinajstić information content (AvgIpc) is 2.71. The van der Waals surface area contributed by atoms with Gasteiger partial charge in [-0.1, -0.05) is 6.07 Å². The van der Waals surface area contributed by atoms with E-state index in [1.54, 1.807) is 12.4 Å². The Hall–Kier alpha value is -1.02. The van der Waals surface area contributed by atoms with Crippen LogP contribution in [0.4, 0.5) is 0 Å². The first kappa shape index (κ1) is 14.9. The largest absolute Gasteiger partial charge is 0.374 e. The van der Waals surface area contributed by atoms with Crippen molar-refractivity contribution in [1.29, 1.82) is 0 Å². The van der Waals surface area contributed by atoms with E-state index < -0.39 is 10.0 Å². The Labute approximate surface area is 125 Å². The smallest absolute Gasteiger partial charge is 0.211 e. The summed E-state index contributed by atoms with van der Waals surface area (Å²) in [6.07, 6.45) is 6.13. The molecule has 116 valence electrons. The molecule has 1 saturated carbocycles. The Kier molecular flexibility index (Phi) is 4.26. The zero-order valence-electron chi connectivity index (χ0n) is 12.0. The lowest BCUT2D eigenvalue weighted by molar-refractivity contribution is -0.0583. The maximum absolute atomic E-state index is 12.0. The van der Waals surface area contributed by atoms with Crippen molar-refractivity contribution in [1.82, 2.24) is 9.29 Å². The molecule has 2 heterocycles. The van der Waals surface area contributed by atoms with Crippen molar-refractivity contribution in [3.05, 3.63) is 30.1 Å². The molecular weight excluding hydrogens is 292 g/mol. The van der Waals surface area contributed by atoms with E-state index in [-0.39, 0.29) is 18.2 Å².